The van der Waals surface area contributed by atoms with Crippen LogP contribution < -0.4 is 0 Å². The second-order valence-electron chi connectivity index (χ2n) is 4.75. The highest BCUT2D eigenvalue weighted by atomic mass is 127. The van der Waals surface area contributed by atoms with E-state index in [1.165, 1.54) is 4.90 Å². The van der Waals surface area contributed by atoms with E-state index in [1.807, 2.05) is 22.6 Å². The fourth-order valence-electron chi connectivity index (χ4n) is 1.98. The predicted octanol–water partition coefficient (Wildman–Crippen LogP) is 2.77. The van der Waals surface area contributed by atoms with Crippen molar-refractivity contribution in [1.82, 2.24) is 4.90 Å². The van der Waals surface area contributed by atoms with Gasteiger partial charge in [0.2, 0.25) is 0 Å². The van der Waals surface area contributed by atoms with Gasteiger partial charge >= 0.3 is 5.97 Å². The van der Waals surface area contributed by atoms with Crippen LogP contribution in [0, 0.1) is 7.14 Å². The number of ether oxygens (including phenoxy) is 1. The van der Waals surface area contributed by atoms with E-state index in [-0.39, 0.29) is 36.4 Å². The third-order valence-corrected chi connectivity index (χ3v) is 4.56. The van der Waals surface area contributed by atoms with Crippen molar-refractivity contribution in [3.05, 3.63) is 24.8 Å². The average molecular weight is 515 g/mol. The van der Waals surface area contributed by atoms with E-state index in [0.29, 0.717) is 3.57 Å². The number of carbonyl (C=O) groups excluding carboxylic acids is 2. The fourth-order valence-corrected chi connectivity index (χ4v) is 3.83. The van der Waals surface area contributed by atoms with Gasteiger partial charge in [-0.15, -0.1) is 0 Å². The monoisotopic (exact) mass is 515 g/mol. The minimum absolute atomic E-state index is 0.0319. The Bertz CT molecular complexity index is 572. The van der Waals surface area contributed by atoms with Gasteiger partial charge in [-0.2, -0.15) is 0 Å². The lowest BCUT2D eigenvalue weighted by molar-refractivity contribution is -0.144. The van der Waals surface area contributed by atoms with Gasteiger partial charge in [0.05, 0.1) is 15.7 Å². The highest BCUT2D eigenvalue weighted by Crippen LogP contribution is 2.32. The molecule has 0 radical (unpaired) electrons. The van der Waals surface area contributed by atoms with Crippen LogP contribution in [-0.4, -0.2) is 41.1 Å². The standard InChI is InChI=1S/C14H15I2NO4/c1-2-21-12(18)7-17(9-3-4-9)14(20)10-5-8(15)6-11(16)13(10)19/h5-6,9,19H,2-4,7H2,1H3. The number of phenols is 1. The molecule has 1 saturated carbocycles. The maximum atomic E-state index is 12.6. The highest BCUT2D eigenvalue weighted by molar-refractivity contribution is 14.1. The number of amides is 1. The van der Waals surface area contributed by atoms with Crippen molar-refractivity contribution in [2.75, 3.05) is 13.2 Å². The summed E-state index contributed by atoms with van der Waals surface area (Å²) in [6.45, 7) is 1.95. The molecule has 21 heavy (non-hydrogen) atoms. The van der Waals surface area contributed by atoms with Crippen molar-refractivity contribution in [1.29, 1.82) is 0 Å². The molecule has 1 aliphatic carbocycles. The first-order chi connectivity index (χ1) is 9.93. The molecule has 0 aromatic heterocycles. The van der Waals surface area contributed by atoms with Gasteiger partial charge in [0.1, 0.15) is 12.3 Å². The van der Waals surface area contributed by atoms with Gasteiger partial charge in [-0.3, -0.25) is 9.59 Å². The Labute approximate surface area is 150 Å². The van der Waals surface area contributed by atoms with Crippen molar-refractivity contribution in [2.24, 2.45) is 0 Å². The quantitative estimate of drug-likeness (QED) is 0.485. The normalized spacial score (nSPS) is 13.9. The Morgan fingerprint density at radius 1 is 1.38 bits per heavy atom. The summed E-state index contributed by atoms with van der Waals surface area (Å²) in [5.41, 5.74) is 0.238. The lowest BCUT2D eigenvalue weighted by Gasteiger charge is -2.22. The van der Waals surface area contributed by atoms with E-state index >= 15 is 0 Å². The molecule has 2 rings (SSSR count). The van der Waals surface area contributed by atoms with Gasteiger partial charge in [-0.05, 0) is 77.1 Å². The predicted molar refractivity (Wildman–Crippen MR) is 94.2 cm³/mol. The second kappa shape index (κ2) is 7.12. The summed E-state index contributed by atoms with van der Waals surface area (Å²) >= 11 is 4.08. The van der Waals surface area contributed by atoms with E-state index in [9.17, 15) is 14.7 Å². The van der Waals surface area contributed by atoms with Crippen molar-refractivity contribution in [3.8, 4) is 5.75 Å². The molecule has 0 spiro atoms. The molecule has 1 aromatic carbocycles. The zero-order chi connectivity index (χ0) is 15.6. The lowest BCUT2D eigenvalue weighted by Crippen LogP contribution is -2.38. The van der Waals surface area contributed by atoms with E-state index < -0.39 is 5.97 Å². The van der Waals surface area contributed by atoms with Crippen LogP contribution in [0.2, 0.25) is 0 Å². The molecular weight excluding hydrogens is 500 g/mol. The topological polar surface area (TPSA) is 66.8 Å². The summed E-state index contributed by atoms with van der Waals surface area (Å²) in [5, 5.41) is 10.1. The zero-order valence-electron chi connectivity index (χ0n) is 11.4. The minimum Gasteiger partial charge on any atom is -0.506 e. The Morgan fingerprint density at radius 2 is 2.05 bits per heavy atom. The van der Waals surface area contributed by atoms with Gasteiger partial charge in [0.25, 0.3) is 5.91 Å². The summed E-state index contributed by atoms with van der Waals surface area (Å²) in [6, 6.07) is 3.50. The molecule has 0 heterocycles. The van der Waals surface area contributed by atoms with Crippen molar-refractivity contribution >= 4 is 57.1 Å². The first-order valence-corrected chi connectivity index (χ1v) is 8.74. The molecule has 1 N–H and O–H groups in total. The maximum absolute atomic E-state index is 12.6. The number of halogens is 2. The van der Waals surface area contributed by atoms with Crippen LogP contribution in [0.5, 0.6) is 5.75 Å². The Kier molecular flexibility index (Phi) is 5.69. The summed E-state index contributed by atoms with van der Waals surface area (Å²) in [5.74, 6) is -0.771. The molecular formula is C14H15I2NO4. The molecule has 5 nitrogen and oxygen atoms in total. The van der Waals surface area contributed by atoms with Crippen molar-refractivity contribution < 1.29 is 19.4 Å². The summed E-state index contributed by atoms with van der Waals surface area (Å²) < 4.78 is 6.40. The molecule has 1 aromatic rings. The third-order valence-electron chi connectivity index (χ3n) is 3.11. The van der Waals surface area contributed by atoms with Gasteiger partial charge in [-0.1, -0.05) is 0 Å². The van der Waals surface area contributed by atoms with Crippen LogP contribution in [0.25, 0.3) is 0 Å². The van der Waals surface area contributed by atoms with Gasteiger partial charge in [0.15, 0.2) is 0 Å². The Hall–Kier alpha value is -0.580. The summed E-state index contributed by atoms with van der Waals surface area (Å²) in [6.07, 6.45) is 1.76. The number of hydrogen-bond acceptors (Lipinski definition) is 4. The van der Waals surface area contributed by atoms with Gasteiger partial charge in [0, 0.05) is 9.61 Å². The van der Waals surface area contributed by atoms with E-state index in [1.54, 1.807) is 19.1 Å². The minimum atomic E-state index is -0.419. The number of esters is 1. The Morgan fingerprint density at radius 3 is 2.62 bits per heavy atom. The van der Waals surface area contributed by atoms with Gasteiger partial charge in [-0.25, -0.2) is 0 Å². The lowest BCUT2D eigenvalue weighted by atomic mass is 10.1. The van der Waals surface area contributed by atoms with E-state index in [2.05, 4.69) is 22.6 Å². The molecule has 0 aliphatic heterocycles. The smallest absolute Gasteiger partial charge is 0.325 e. The number of phenolic OH excluding ortho intramolecular Hbond substituents is 1. The number of rotatable bonds is 5. The largest absolute Gasteiger partial charge is 0.506 e. The van der Waals surface area contributed by atoms with Crippen molar-refractivity contribution in [3.63, 3.8) is 0 Å². The average Bonchev–Trinajstić information content (AvgIpc) is 3.24. The first kappa shape index (κ1) is 16.8. The zero-order valence-corrected chi connectivity index (χ0v) is 15.8. The molecule has 1 fully saturated rings. The molecule has 1 amide bonds. The number of carbonyl (C=O) groups is 2. The van der Waals surface area contributed by atoms with Crippen LogP contribution in [0.1, 0.15) is 30.1 Å². The van der Waals surface area contributed by atoms with Crippen molar-refractivity contribution in [2.45, 2.75) is 25.8 Å². The summed E-state index contributed by atoms with van der Waals surface area (Å²) in [7, 11) is 0. The van der Waals surface area contributed by atoms with Crippen LogP contribution in [0.3, 0.4) is 0 Å². The second-order valence-corrected chi connectivity index (χ2v) is 7.16. The SMILES string of the molecule is CCOC(=O)CN(C(=O)c1cc(I)cc(I)c1O)C1CC1. The molecule has 0 saturated heterocycles. The summed E-state index contributed by atoms with van der Waals surface area (Å²) in [4.78, 5) is 25.8. The van der Waals surface area contributed by atoms with Crippen LogP contribution in [-0.2, 0) is 9.53 Å². The van der Waals surface area contributed by atoms with E-state index in [4.69, 9.17) is 4.74 Å². The molecule has 1 aliphatic rings. The van der Waals surface area contributed by atoms with Gasteiger partial charge < -0.3 is 14.7 Å². The molecule has 7 heteroatoms. The maximum Gasteiger partial charge on any atom is 0.325 e. The van der Waals surface area contributed by atoms with Crippen LogP contribution in [0.4, 0.5) is 0 Å². The molecule has 0 bridgehead atoms. The number of benzene rings is 1. The van der Waals surface area contributed by atoms with E-state index in [0.717, 1.165) is 16.4 Å². The molecule has 0 atom stereocenters. The number of hydrogen-bond donors (Lipinski definition) is 1. The highest BCUT2D eigenvalue weighted by Gasteiger charge is 2.35. The third kappa shape index (κ3) is 4.21. The van der Waals surface area contributed by atoms with Crippen LogP contribution in [0.15, 0.2) is 12.1 Å². The first-order valence-electron chi connectivity index (χ1n) is 6.58. The Balaban J connectivity index is 2.25. The van der Waals surface area contributed by atoms with Crippen LogP contribution >= 0.6 is 45.2 Å². The number of aromatic hydroxyl groups is 1. The molecule has 0 unspecified atom stereocenters. The number of nitrogens with zero attached hydrogens (tertiary/aromatic N) is 1. The molecule has 114 valence electrons. The fraction of sp³-hybridized carbons (Fsp3) is 0.429.